The number of likely N-dealkylation sites (tertiary alicyclic amines) is 1. The van der Waals surface area contributed by atoms with E-state index in [4.69, 9.17) is 0 Å². The Morgan fingerprint density at radius 2 is 1.94 bits per heavy atom. The number of benzene rings is 1. The Labute approximate surface area is 178 Å². The maximum Gasteiger partial charge on any atom is 0.270 e. The third kappa shape index (κ3) is 4.76. The normalized spacial score (nSPS) is 20.4. The van der Waals surface area contributed by atoms with Crippen molar-refractivity contribution in [2.24, 2.45) is 11.8 Å². The van der Waals surface area contributed by atoms with Crippen molar-refractivity contribution < 1.29 is 23.6 Å². The number of imide groups is 1. The Balaban J connectivity index is 1.38. The number of hydrogen-bond donors (Lipinski definition) is 3. The second-order valence-electron chi connectivity index (χ2n) is 8.32. The lowest BCUT2D eigenvalue weighted by Crippen LogP contribution is -2.45. The van der Waals surface area contributed by atoms with E-state index < -0.39 is 17.7 Å². The minimum atomic E-state index is -0.647. The smallest absolute Gasteiger partial charge is 0.270 e. The van der Waals surface area contributed by atoms with Crippen LogP contribution in [0.1, 0.15) is 42.6 Å². The molecule has 3 heterocycles. The van der Waals surface area contributed by atoms with Crippen molar-refractivity contribution in [1.82, 2.24) is 20.5 Å². The number of aromatic amines is 1. The van der Waals surface area contributed by atoms with Crippen LogP contribution in [-0.4, -0.2) is 53.1 Å². The van der Waals surface area contributed by atoms with Crippen LogP contribution in [0.25, 0.3) is 10.9 Å². The fourth-order valence-corrected chi connectivity index (χ4v) is 4.34. The maximum atomic E-state index is 14.0. The third-order valence-corrected chi connectivity index (χ3v) is 5.98. The van der Waals surface area contributed by atoms with Gasteiger partial charge in [0.05, 0.1) is 5.92 Å². The second-order valence-corrected chi connectivity index (χ2v) is 8.32. The van der Waals surface area contributed by atoms with E-state index in [1.54, 1.807) is 23.1 Å². The Morgan fingerprint density at radius 3 is 2.68 bits per heavy atom. The second kappa shape index (κ2) is 8.87. The van der Waals surface area contributed by atoms with Gasteiger partial charge >= 0.3 is 0 Å². The van der Waals surface area contributed by atoms with Crippen LogP contribution in [0.3, 0.4) is 0 Å². The van der Waals surface area contributed by atoms with E-state index in [1.807, 2.05) is 0 Å². The SMILES string of the molecule is O=C1CC(C(=O)NCC2CCCCN(C(=O)c3cc4c(F)cccc4[nH]3)C2)CC(=O)N1. The highest BCUT2D eigenvalue weighted by Crippen LogP contribution is 2.22. The summed E-state index contributed by atoms with van der Waals surface area (Å²) in [6, 6.07) is 6.22. The Bertz CT molecular complexity index is 1020. The van der Waals surface area contributed by atoms with Gasteiger partial charge in [0.1, 0.15) is 11.5 Å². The molecule has 2 aliphatic rings. The molecule has 9 heteroatoms. The number of nitrogens with zero attached hydrogens (tertiary/aromatic N) is 1. The van der Waals surface area contributed by atoms with Gasteiger partial charge in [-0.3, -0.25) is 24.5 Å². The topological polar surface area (TPSA) is 111 Å². The number of fused-ring (bicyclic) bond motifs is 1. The number of rotatable bonds is 4. The Hall–Kier alpha value is -3.23. The standard InChI is InChI=1S/C22H25FN4O4/c23-16-5-3-6-17-15(16)10-18(25-17)22(31)27-7-2-1-4-13(12-27)11-24-21(30)14-8-19(28)26-20(29)9-14/h3,5-6,10,13-14,25H,1-2,4,7-9,11-12H2,(H,24,30)(H,26,28,29). The van der Waals surface area contributed by atoms with Crippen LogP contribution < -0.4 is 10.6 Å². The molecular weight excluding hydrogens is 403 g/mol. The lowest BCUT2D eigenvalue weighted by molar-refractivity contribution is -0.140. The zero-order chi connectivity index (χ0) is 22.0. The van der Waals surface area contributed by atoms with Crippen molar-refractivity contribution >= 4 is 34.5 Å². The predicted octanol–water partition coefficient (Wildman–Crippen LogP) is 1.72. The van der Waals surface area contributed by atoms with Crippen molar-refractivity contribution in [2.45, 2.75) is 32.1 Å². The highest BCUT2D eigenvalue weighted by molar-refractivity contribution is 6.02. The zero-order valence-electron chi connectivity index (χ0n) is 17.1. The molecule has 2 aromatic rings. The van der Waals surface area contributed by atoms with Crippen LogP contribution in [0.5, 0.6) is 0 Å². The van der Waals surface area contributed by atoms with Crippen LogP contribution in [0, 0.1) is 17.7 Å². The average molecular weight is 428 g/mol. The summed E-state index contributed by atoms with van der Waals surface area (Å²) in [7, 11) is 0. The van der Waals surface area contributed by atoms with Crippen LogP contribution in [-0.2, 0) is 14.4 Å². The lowest BCUT2D eigenvalue weighted by Gasteiger charge is -2.25. The van der Waals surface area contributed by atoms with Crippen molar-refractivity contribution in [3.05, 3.63) is 35.8 Å². The minimum absolute atomic E-state index is 0.00376. The molecule has 4 amide bonds. The van der Waals surface area contributed by atoms with E-state index >= 15 is 0 Å². The number of halogens is 1. The number of aromatic nitrogens is 1. The summed E-state index contributed by atoms with van der Waals surface area (Å²) in [6.07, 6.45) is 2.64. The molecule has 1 aromatic heterocycles. The Kier molecular flexibility index (Phi) is 6.01. The number of H-pyrrole nitrogens is 1. The van der Waals surface area contributed by atoms with Gasteiger partial charge in [0.25, 0.3) is 5.91 Å². The van der Waals surface area contributed by atoms with Gasteiger partial charge in [-0.2, -0.15) is 0 Å². The fourth-order valence-electron chi connectivity index (χ4n) is 4.34. The number of piperidine rings is 1. The molecule has 0 radical (unpaired) electrons. The molecule has 2 fully saturated rings. The molecular formula is C22H25FN4O4. The van der Waals surface area contributed by atoms with Gasteiger partial charge in [-0.05, 0) is 37.0 Å². The summed E-state index contributed by atoms with van der Waals surface area (Å²) in [5.74, 6) is -2.33. The lowest BCUT2D eigenvalue weighted by atomic mass is 9.95. The molecule has 2 saturated heterocycles. The van der Waals surface area contributed by atoms with Gasteiger partial charge in [0.15, 0.2) is 0 Å². The van der Waals surface area contributed by atoms with Gasteiger partial charge in [0.2, 0.25) is 17.7 Å². The van der Waals surface area contributed by atoms with Crippen LogP contribution >= 0.6 is 0 Å². The molecule has 1 aromatic carbocycles. The summed E-state index contributed by atoms with van der Waals surface area (Å²) in [5, 5.41) is 5.43. The molecule has 164 valence electrons. The molecule has 4 rings (SSSR count). The summed E-state index contributed by atoms with van der Waals surface area (Å²) in [6.45, 7) is 1.44. The molecule has 0 aliphatic carbocycles. The van der Waals surface area contributed by atoms with Crippen LogP contribution in [0.15, 0.2) is 24.3 Å². The molecule has 8 nitrogen and oxygen atoms in total. The number of carbonyl (C=O) groups is 4. The van der Waals surface area contributed by atoms with Gasteiger partial charge in [-0.25, -0.2) is 4.39 Å². The van der Waals surface area contributed by atoms with Crippen molar-refractivity contribution in [2.75, 3.05) is 19.6 Å². The van der Waals surface area contributed by atoms with Crippen molar-refractivity contribution in [3.8, 4) is 0 Å². The summed E-state index contributed by atoms with van der Waals surface area (Å²) < 4.78 is 14.0. The maximum absolute atomic E-state index is 14.0. The molecule has 1 unspecified atom stereocenters. The predicted molar refractivity (Wildman–Crippen MR) is 110 cm³/mol. The summed E-state index contributed by atoms with van der Waals surface area (Å²) in [4.78, 5) is 53.2. The van der Waals surface area contributed by atoms with Gasteiger partial charge < -0.3 is 15.2 Å². The van der Waals surface area contributed by atoms with Crippen LogP contribution in [0.4, 0.5) is 4.39 Å². The molecule has 31 heavy (non-hydrogen) atoms. The van der Waals surface area contributed by atoms with E-state index in [-0.39, 0.29) is 36.4 Å². The van der Waals surface area contributed by atoms with E-state index in [1.165, 1.54) is 6.07 Å². The first-order valence-corrected chi connectivity index (χ1v) is 10.6. The summed E-state index contributed by atoms with van der Waals surface area (Å²) in [5.41, 5.74) is 0.921. The van der Waals surface area contributed by atoms with Gasteiger partial charge in [0, 0.05) is 43.4 Å². The van der Waals surface area contributed by atoms with E-state index in [2.05, 4.69) is 15.6 Å². The number of amides is 4. The first kappa shape index (κ1) is 21.0. The van der Waals surface area contributed by atoms with Gasteiger partial charge in [-0.1, -0.05) is 12.5 Å². The largest absolute Gasteiger partial charge is 0.355 e. The molecule has 0 bridgehead atoms. The minimum Gasteiger partial charge on any atom is -0.355 e. The average Bonchev–Trinajstić information content (AvgIpc) is 3.04. The van der Waals surface area contributed by atoms with E-state index in [0.29, 0.717) is 36.2 Å². The third-order valence-electron chi connectivity index (χ3n) is 5.98. The van der Waals surface area contributed by atoms with Crippen molar-refractivity contribution in [1.29, 1.82) is 0 Å². The van der Waals surface area contributed by atoms with Crippen molar-refractivity contribution in [3.63, 3.8) is 0 Å². The number of carbonyl (C=O) groups excluding carboxylic acids is 4. The first-order valence-electron chi connectivity index (χ1n) is 10.6. The van der Waals surface area contributed by atoms with Gasteiger partial charge in [-0.15, -0.1) is 0 Å². The molecule has 2 aliphatic heterocycles. The fraction of sp³-hybridized carbons (Fsp3) is 0.455. The number of nitrogens with one attached hydrogen (secondary N) is 3. The molecule has 0 spiro atoms. The first-order chi connectivity index (χ1) is 14.9. The highest BCUT2D eigenvalue weighted by Gasteiger charge is 2.31. The number of hydrogen-bond acceptors (Lipinski definition) is 4. The van der Waals surface area contributed by atoms with Crippen LogP contribution in [0.2, 0.25) is 0 Å². The molecule has 1 atom stereocenters. The quantitative estimate of drug-likeness (QED) is 0.644. The summed E-state index contributed by atoms with van der Waals surface area (Å²) >= 11 is 0. The Morgan fingerprint density at radius 1 is 1.16 bits per heavy atom. The zero-order valence-corrected chi connectivity index (χ0v) is 17.1. The monoisotopic (exact) mass is 428 g/mol. The highest BCUT2D eigenvalue weighted by atomic mass is 19.1. The van der Waals surface area contributed by atoms with E-state index in [9.17, 15) is 23.6 Å². The van der Waals surface area contributed by atoms with E-state index in [0.717, 1.165) is 19.3 Å². The molecule has 0 saturated carbocycles. The molecule has 3 N–H and O–H groups in total.